The number of guanidine groups is 1. The zero-order chi connectivity index (χ0) is 22.3. The molecule has 0 bridgehead atoms. The zero-order valence-corrected chi connectivity index (χ0v) is 19.6. The molecule has 0 aliphatic carbocycles. The van der Waals surface area contributed by atoms with Gasteiger partial charge in [-0.15, -0.1) is 0 Å². The van der Waals surface area contributed by atoms with Gasteiger partial charge in [0.15, 0.2) is 0 Å². The van der Waals surface area contributed by atoms with E-state index >= 15 is 0 Å². The number of carbonyl (C=O) groups is 1. The van der Waals surface area contributed by atoms with E-state index in [4.69, 9.17) is 4.43 Å². The minimum atomic E-state index is -2.69. The summed E-state index contributed by atoms with van der Waals surface area (Å²) in [5.74, 6) is 1.47. The minimum absolute atomic E-state index is 0.0136. The largest absolute Gasteiger partial charge is 0.534 e. The molecule has 1 fully saturated rings. The Balaban J connectivity index is 1.61. The maximum absolute atomic E-state index is 11.8. The second-order valence-corrected chi connectivity index (χ2v) is 13.6. The van der Waals surface area contributed by atoms with Gasteiger partial charge in [0.2, 0.25) is 11.9 Å². The monoisotopic (exact) mass is 441 g/mol. The Bertz CT molecular complexity index is 1150. The maximum Gasteiger partial charge on any atom is 0.319 e. The quantitative estimate of drug-likeness (QED) is 0.630. The Morgan fingerprint density at radius 1 is 0.906 bits per heavy atom. The van der Waals surface area contributed by atoms with Crippen molar-refractivity contribution in [2.75, 3.05) is 6.54 Å². The molecule has 1 N–H and O–H groups in total. The molecule has 5 nitrogen and oxygen atoms in total. The topological polar surface area (TPSA) is 53.9 Å². The van der Waals surface area contributed by atoms with Crippen LogP contribution in [0.3, 0.4) is 0 Å². The molecular formula is C26H27N3O2Si. The van der Waals surface area contributed by atoms with Crippen LogP contribution in [-0.2, 0) is 11.3 Å². The number of carbonyl (C=O) groups excluding carboxylic acids is 1. The molecular weight excluding hydrogens is 414 g/mol. The van der Waals surface area contributed by atoms with Crippen molar-refractivity contribution in [2.24, 2.45) is 4.99 Å². The van der Waals surface area contributed by atoms with Gasteiger partial charge < -0.3 is 9.33 Å². The summed E-state index contributed by atoms with van der Waals surface area (Å²) in [6.45, 7) is 7.81. The van der Waals surface area contributed by atoms with Gasteiger partial charge >= 0.3 is 8.32 Å². The van der Waals surface area contributed by atoms with Gasteiger partial charge in [0.25, 0.3) is 0 Å². The molecule has 2 aliphatic heterocycles. The normalized spacial score (nSPS) is 15.5. The number of aliphatic imine (C=N–C) groups is 1. The van der Waals surface area contributed by atoms with Crippen LogP contribution in [-0.4, -0.2) is 31.6 Å². The first-order valence-corrected chi connectivity index (χ1v) is 12.8. The van der Waals surface area contributed by atoms with Crippen LogP contribution in [0.5, 0.6) is 5.75 Å². The van der Waals surface area contributed by atoms with Crippen molar-refractivity contribution in [3.63, 3.8) is 0 Å². The van der Waals surface area contributed by atoms with E-state index in [-0.39, 0.29) is 10.9 Å². The van der Waals surface area contributed by atoms with Gasteiger partial charge in [0.05, 0.1) is 5.69 Å². The van der Waals surface area contributed by atoms with E-state index in [0.29, 0.717) is 19.0 Å². The summed E-state index contributed by atoms with van der Waals surface area (Å²) in [6, 6.07) is 27.4. The van der Waals surface area contributed by atoms with Gasteiger partial charge in [-0.3, -0.25) is 10.1 Å². The summed E-state index contributed by atoms with van der Waals surface area (Å²) in [4.78, 5) is 18.4. The maximum atomic E-state index is 11.8. The Labute approximate surface area is 189 Å². The van der Waals surface area contributed by atoms with E-state index in [1.54, 1.807) is 0 Å². The van der Waals surface area contributed by atoms with Gasteiger partial charge in [-0.1, -0.05) is 81.4 Å². The summed E-state index contributed by atoms with van der Waals surface area (Å²) < 4.78 is 7.13. The molecule has 0 saturated carbocycles. The molecule has 3 aromatic carbocycles. The minimum Gasteiger partial charge on any atom is -0.534 e. The van der Waals surface area contributed by atoms with Crippen LogP contribution >= 0.6 is 0 Å². The average Bonchev–Trinajstić information content (AvgIpc) is 3.14. The molecule has 6 heteroatoms. The Morgan fingerprint density at radius 3 is 2.12 bits per heavy atom. The molecule has 0 spiro atoms. The second-order valence-electron chi connectivity index (χ2n) is 9.40. The average molecular weight is 442 g/mol. The summed E-state index contributed by atoms with van der Waals surface area (Å²) in [6.07, 6.45) is 0. The molecule has 2 heterocycles. The van der Waals surface area contributed by atoms with Crippen LogP contribution in [0, 0.1) is 0 Å². The molecule has 0 radical (unpaired) electrons. The number of nitrogens with zero attached hydrogens (tertiary/aromatic N) is 2. The van der Waals surface area contributed by atoms with Crippen molar-refractivity contribution in [1.29, 1.82) is 0 Å². The third kappa shape index (κ3) is 3.41. The molecule has 2 aliphatic rings. The second kappa shape index (κ2) is 7.64. The highest BCUT2D eigenvalue weighted by Gasteiger charge is 2.52. The van der Waals surface area contributed by atoms with Crippen molar-refractivity contribution in [3.05, 3.63) is 84.4 Å². The molecule has 0 aromatic heterocycles. The molecule has 162 valence electrons. The lowest BCUT2D eigenvalue weighted by Crippen LogP contribution is -2.68. The predicted molar refractivity (Wildman–Crippen MR) is 130 cm³/mol. The third-order valence-electron chi connectivity index (χ3n) is 6.21. The van der Waals surface area contributed by atoms with Gasteiger partial charge in [-0.25, -0.2) is 4.99 Å². The lowest BCUT2D eigenvalue weighted by atomic mass is 10.1. The number of hydrogen-bond acceptors (Lipinski definition) is 4. The van der Waals surface area contributed by atoms with Crippen molar-refractivity contribution in [1.82, 2.24) is 10.2 Å². The van der Waals surface area contributed by atoms with Crippen molar-refractivity contribution in [2.45, 2.75) is 32.4 Å². The Kier molecular flexibility index (Phi) is 4.90. The zero-order valence-electron chi connectivity index (χ0n) is 18.6. The molecule has 5 rings (SSSR count). The van der Waals surface area contributed by atoms with Gasteiger partial charge in [0.1, 0.15) is 12.3 Å². The fourth-order valence-corrected chi connectivity index (χ4v) is 9.14. The fourth-order valence-electron chi connectivity index (χ4n) is 4.73. The highest BCUT2D eigenvalue weighted by Crippen LogP contribution is 2.39. The van der Waals surface area contributed by atoms with E-state index in [2.05, 4.69) is 97.8 Å². The third-order valence-corrected chi connectivity index (χ3v) is 11.2. The van der Waals surface area contributed by atoms with Crippen LogP contribution in [0.4, 0.5) is 5.69 Å². The molecule has 0 unspecified atom stereocenters. The van der Waals surface area contributed by atoms with Crippen LogP contribution < -0.4 is 20.1 Å². The van der Waals surface area contributed by atoms with Gasteiger partial charge in [-0.2, -0.15) is 0 Å². The first-order valence-electron chi connectivity index (χ1n) is 10.9. The molecule has 1 saturated heterocycles. The van der Waals surface area contributed by atoms with Crippen LogP contribution in [0.2, 0.25) is 5.04 Å². The predicted octanol–water partition coefficient (Wildman–Crippen LogP) is 3.56. The van der Waals surface area contributed by atoms with Crippen molar-refractivity contribution in [3.8, 4) is 5.75 Å². The van der Waals surface area contributed by atoms with Crippen LogP contribution in [0.25, 0.3) is 0 Å². The van der Waals surface area contributed by atoms with Crippen LogP contribution in [0.1, 0.15) is 26.3 Å². The molecule has 1 amide bonds. The summed E-state index contributed by atoms with van der Waals surface area (Å²) >= 11 is 0. The number of fused-ring (bicyclic) bond motifs is 2. The van der Waals surface area contributed by atoms with E-state index in [9.17, 15) is 4.79 Å². The summed E-state index contributed by atoms with van der Waals surface area (Å²) in [7, 11) is -2.69. The number of nitrogens with one attached hydrogen (secondary N) is 1. The van der Waals surface area contributed by atoms with Gasteiger partial charge in [0, 0.05) is 12.1 Å². The number of rotatable bonds is 4. The summed E-state index contributed by atoms with van der Waals surface area (Å²) in [5.41, 5.74) is 1.95. The van der Waals surface area contributed by atoms with Gasteiger partial charge in [-0.05, 0) is 33.6 Å². The lowest BCUT2D eigenvalue weighted by Gasteiger charge is -2.43. The smallest absolute Gasteiger partial charge is 0.319 e. The highest BCUT2D eigenvalue weighted by molar-refractivity contribution is 7.00. The van der Waals surface area contributed by atoms with E-state index < -0.39 is 8.32 Å². The molecule has 0 atom stereocenters. The number of benzene rings is 3. The Morgan fingerprint density at radius 2 is 1.53 bits per heavy atom. The van der Waals surface area contributed by atoms with Crippen LogP contribution in [0.15, 0.2) is 83.9 Å². The Hall–Kier alpha value is -3.38. The fraction of sp³-hybridized carbons (Fsp3) is 0.231. The highest BCUT2D eigenvalue weighted by atomic mass is 28.4. The van der Waals surface area contributed by atoms with E-state index in [0.717, 1.165) is 17.0 Å². The first-order chi connectivity index (χ1) is 15.4. The molecule has 32 heavy (non-hydrogen) atoms. The first kappa shape index (κ1) is 20.5. The van der Waals surface area contributed by atoms with Crippen molar-refractivity contribution < 1.29 is 9.22 Å². The van der Waals surface area contributed by atoms with E-state index in [1.807, 2.05) is 17.0 Å². The SMILES string of the molecule is CC(C)(C)[Si](Oc1ccc2c(c1)CN1CC(=O)NC1=N2)(c1ccccc1)c1ccccc1. The van der Waals surface area contributed by atoms with Crippen molar-refractivity contribution >= 4 is 36.2 Å². The van der Waals surface area contributed by atoms with E-state index in [1.165, 1.54) is 10.4 Å². The summed E-state index contributed by atoms with van der Waals surface area (Å²) in [5, 5.41) is 5.20. The standard InChI is InChI=1S/C26H27N3O2Si/c1-26(2,3)32(21-10-6-4-7-11-21,22-12-8-5-9-13-22)31-20-14-15-23-19(16-20)17-29-18-24(30)28-25(29)27-23/h4-16H,17-18H2,1-3H3,(H,27,28,30). The lowest BCUT2D eigenvalue weighted by molar-refractivity contribution is -0.118. The molecule has 3 aromatic rings. The number of amides is 1. The number of hydrogen-bond donors (Lipinski definition) is 1.